The van der Waals surface area contributed by atoms with Gasteiger partial charge in [-0.3, -0.25) is 4.79 Å². The lowest BCUT2D eigenvalue weighted by atomic mass is 10.1. The molecule has 24 heavy (non-hydrogen) atoms. The van der Waals surface area contributed by atoms with Crippen molar-refractivity contribution in [1.82, 2.24) is 5.32 Å². The van der Waals surface area contributed by atoms with Crippen LogP contribution in [0.5, 0.6) is 0 Å². The molecule has 6 heteroatoms. The first-order chi connectivity index (χ1) is 11.5. The summed E-state index contributed by atoms with van der Waals surface area (Å²) in [6, 6.07) is 9.48. The molecule has 1 heterocycles. The van der Waals surface area contributed by atoms with E-state index in [1.807, 2.05) is 37.3 Å². The van der Waals surface area contributed by atoms with Crippen LogP contribution in [0, 0.1) is 0 Å². The van der Waals surface area contributed by atoms with Gasteiger partial charge in [-0.15, -0.1) is 11.3 Å². The number of ether oxygens (including phenoxy) is 1. The summed E-state index contributed by atoms with van der Waals surface area (Å²) in [5.41, 5.74) is 2.24. The topological polar surface area (TPSA) is 55.4 Å². The van der Waals surface area contributed by atoms with Crippen LogP contribution in [0.15, 0.2) is 34.8 Å². The van der Waals surface area contributed by atoms with Gasteiger partial charge in [0.1, 0.15) is 4.88 Å². The van der Waals surface area contributed by atoms with Crippen molar-refractivity contribution in [2.45, 2.75) is 32.2 Å². The minimum atomic E-state index is -0.416. The van der Waals surface area contributed by atoms with Crippen molar-refractivity contribution >= 4 is 39.1 Å². The maximum Gasteiger partial charge on any atom is 0.348 e. The number of fused-ring (bicyclic) bond motifs is 1. The third kappa shape index (κ3) is 4.05. The Morgan fingerprint density at radius 3 is 2.75 bits per heavy atom. The largest absolute Gasteiger partial charge is 0.451 e. The number of benzene rings is 1. The Morgan fingerprint density at radius 2 is 2.04 bits per heavy atom. The Hall–Kier alpha value is -1.66. The van der Waals surface area contributed by atoms with Gasteiger partial charge in [-0.1, -0.05) is 28.1 Å². The minimum absolute atomic E-state index is 0.144. The minimum Gasteiger partial charge on any atom is -0.451 e. The molecule has 1 aromatic carbocycles. The molecule has 2 aromatic rings. The van der Waals surface area contributed by atoms with Gasteiger partial charge in [0, 0.05) is 9.35 Å². The third-order valence-electron chi connectivity index (χ3n) is 4.03. The molecule has 0 aliphatic heterocycles. The van der Waals surface area contributed by atoms with Gasteiger partial charge in [0.15, 0.2) is 6.61 Å². The molecule has 0 unspecified atom stereocenters. The van der Waals surface area contributed by atoms with Gasteiger partial charge in [-0.05, 0) is 55.5 Å². The highest BCUT2D eigenvalue weighted by atomic mass is 79.9. The van der Waals surface area contributed by atoms with Gasteiger partial charge >= 0.3 is 5.97 Å². The van der Waals surface area contributed by atoms with Crippen molar-refractivity contribution in [2.24, 2.45) is 0 Å². The number of rotatable bonds is 5. The van der Waals surface area contributed by atoms with Crippen molar-refractivity contribution in [2.75, 3.05) is 6.61 Å². The van der Waals surface area contributed by atoms with Crippen LogP contribution in [0.3, 0.4) is 0 Å². The third-order valence-corrected chi connectivity index (χ3v) is 5.78. The van der Waals surface area contributed by atoms with Crippen LogP contribution in [-0.2, 0) is 22.4 Å². The summed E-state index contributed by atoms with van der Waals surface area (Å²) in [5.74, 6) is -0.719. The number of hydrogen-bond acceptors (Lipinski definition) is 4. The lowest BCUT2D eigenvalue weighted by molar-refractivity contribution is -0.124. The molecule has 1 atom stereocenters. The molecule has 4 nitrogen and oxygen atoms in total. The first kappa shape index (κ1) is 17.2. The van der Waals surface area contributed by atoms with Crippen molar-refractivity contribution < 1.29 is 14.3 Å². The normalized spacial score (nSPS) is 14.1. The molecule has 126 valence electrons. The lowest BCUT2D eigenvalue weighted by Gasteiger charge is -2.14. The summed E-state index contributed by atoms with van der Waals surface area (Å²) >= 11 is 4.86. The summed E-state index contributed by atoms with van der Waals surface area (Å²) in [5, 5.41) is 2.83. The van der Waals surface area contributed by atoms with Crippen molar-refractivity contribution in [3.05, 3.63) is 55.7 Å². The maximum atomic E-state index is 12.1. The monoisotopic (exact) mass is 407 g/mol. The molecule has 0 fully saturated rings. The molecular weight excluding hydrogens is 390 g/mol. The fraction of sp³-hybridized carbons (Fsp3) is 0.333. The highest BCUT2D eigenvalue weighted by Gasteiger charge is 2.20. The van der Waals surface area contributed by atoms with Gasteiger partial charge in [0.2, 0.25) is 0 Å². The van der Waals surface area contributed by atoms with Gasteiger partial charge in [0.25, 0.3) is 5.91 Å². The Labute approximate surface area is 153 Å². The number of halogens is 1. The van der Waals surface area contributed by atoms with E-state index in [9.17, 15) is 9.59 Å². The highest BCUT2D eigenvalue weighted by molar-refractivity contribution is 9.10. The Bertz CT molecular complexity index is 733. The molecule has 1 aromatic heterocycles. The fourth-order valence-electron chi connectivity index (χ4n) is 2.75. The van der Waals surface area contributed by atoms with Crippen LogP contribution >= 0.6 is 27.3 Å². The van der Waals surface area contributed by atoms with Crippen LogP contribution in [0.2, 0.25) is 0 Å². The van der Waals surface area contributed by atoms with E-state index in [0.29, 0.717) is 4.88 Å². The predicted octanol–water partition coefficient (Wildman–Crippen LogP) is 4.03. The molecule has 1 N–H and O–H groups in total. The smallest absolute Gasteiger partial charge is 0.348 e. The number of carbonyl (C=O) groups is 2. The average molecular weight is 408 g/mol. The van der Waals surface area contributed by atoms with E-state index in [0.717, 1.165) is 29.3 Å². The molecule has 1 aliphatic rings. The van der Waals surface area contributed by atoms with E-state index in [4.69, 9.17) is 4.74 Å². The summed E-state index contributed by atoms with van der Waals surface area (Å²) < 4.78 is 6.12. The second-order valence-electron chi connectivity index (χ2n) is 5.83. The van der Waals surface area contributed by atoms with E-state index in [-0.39, 0.29) is 18.6 Å². The molecule has 0 bridgehead atoms. The summed E-state index contributed by atoms with van der Waals surface area (Å²) in [7, 11) is 0. The molecule has 3 rings (SSSR count). The first-order valence-electron chi connectivity index (χ1n) is 7.86. The highest BCUT2D eigenvalue weighted by Crippen LogP contribution is 2.30. The Kier molecular flexibility index (Phi) is 5.36. The second kappa shape index (κ2) is 7.49. The Morgan fingerprint density at radius 1 is 1.29 bits per heavy atom. The van der Waals surface area contributed by atoms with Crippen LogP contribution in [0.4, 0.5) is 0 Å². The van der Waals surface area contributed by atoms with Gasteiger partial charge in [-0.2, -0.15) is 0 Å². The van der Waals surface area contributed by atoms with E-state index >= 15 is 0 Å². The summed E-state index contributed by atoms with van der Waals surface area (Å²) in [4.78, 5) is 25.9. The summed E-state index contributed by atoms with van der Waals surface area (Å²) in [6.45, 7) is 1.63. The van der Waals surface area contributed by atoms with Crippen LogP contribution < -0.4 is 5.32 Å². The Balaban J connectivity index is 1.49. The maximum absolute atomic E-state index is 12.1. The van der Waals surface area contributed by atoms with Gasteiger partial charge in [-0.25, -0.2) is 4.79 Å². The second-order valence-corrected chi connectivity index (χ2v) is 7.88. The standard InChI is InChI=1S/C18H18BrNO3S/c1-11(12-5-7-14(19)8-6-12)20-17(21)10-23-18(22)16-9-13-3-2-4-15(13)24-16/h5-9,11H,2-4,10H2,1H3,(H,20,21)/t11-/m0/s1. The summed E-state index contributed by atoms with van der Waals surface area (Å²) in [6.07, 6.45) is 3.23. The fourth-order valence-corrected chi connectivity index (χ4v) is 4.16. The number of thiophene rings is 1. The number of carbonyl (C=O) groups excluding carboxylic acids is 2. The van der Waals surface area contributed by atoms with Gasteiger partial charge < -0.3 is 10.1 Å². The van der Waals surface area contributed by atoms with Crippen LogP contribution in [-0.4, -0.2) is 18.5 Å². The van der Waals surface area contributed by atoms with Crippen molar-refractivity contribution in [1.29, 1.82) is 0 Å². The first-order valence-corrected chi connectivity index (χ1v) is 9.47. The molecule has 1 aliphatic carbocycles. The molecule has 0 radical (unpaired) electrons. The van der Waals surface area contributed by atoms with E-state index in [1.54, 1.807) is 0 Å². The van der Waals surface area contributed by atoms with E-state index < -0.39 is 5.97 Å². The van der Waals surface area contributed by atoms with E-state index in [1.165, 1.54) is 21.8 Å². The van der Waals surface area contributed by atoms with Crippen LogP contribution in [0.1, 0.15) is 45.1 Å². The zero-order chi connectivity index (χ0) is 17.1. The predicted molar refractivity (Wildman–Crippen MR) is 97.3 cm³/mol. The molecule has 0 saturated heterocycles. The van der Waals surface area contributed by atoms with Crippen molar-refractivity contribution in [3.8, 4) is 0 Å². The lowest BCUT2D eigenvalue weighted by Crippen LogP contribution is -2.31. The molecule has 0 spiro atoms. The zero-order valence-electron chi connectivity index (χ0n) is 13.3. The van der Waals surface area contributed by atoms with Gasteiger partial charge in [0.05, 0.1) is 6.04 Å². The van der Waals surface area contributed by atoms with Crippen LogP contribution in [0.25, 0.3) is 0 Å². The average Bonchev–Trinajstić information content (AvgIpc) is 3.14. The number of aryl methyl sites for hydroxylation is 2. The molecule has 1 amide bonds. The number of esters is 1. The molecule has 0 saturated carbocycles. The molecular formula is C18H18BrNO3S. The van der Waals surface area contributed by atoms with Crippen molar-refractivity contribution in [3.63, 3.8) is 0 Å². The SMILES string of the molecule is C[C@H](NC(=O)COC(=O)c1cc2c(s1)CCC2)c1ccc(Br)cc1. The number of hydrogen-bond donors (Lipinski definition) is 1. The van der Waals surface area contributed by atoms with E-state index in [2.05, 4.69) is 21.2 Å². The number of nitrogens with one attached hydrogen (secondary N) is 1. The quantitative estimate of drug-likeness (QED) is 0.760. The zero-order valence-corrected chi connectivity index (χ0v) is 15.7. The number of amides is 1.